The molecule has 1 rings (SSSR count). The Hall–Kier alpha value is -2.64. The molecule has 0 radical (unpaired) electrons. The van der Waals surface area contributed by atoms with Crippen molar-refractivity contribution in [2.45, 2.75) is 26.7 Å². The van der Waals surface area contributed by atoms with Crippen molar-refractivity contribution >= 4 is 23.3 Å². The Morgan fingerprint density at radius 2 is 1.95 bits per heavy atom. The number of benzene rings is 1. The standard InChI is InChI=1S/C14H19N3O5/c1-3-14(4-2,13(19)20)8-16-12(18)9-6-5-7-10(11(9)15)17(21)22/h5-7H,3-4,8,15H2,1-2H3,(H,16,18)(H,19,20). The van der Waals surface area contributed by atoms with E-state index in [0.717, 1.165) is 0 Å². The van der Waals surface area contributed by atoms with Crippen molar-refractivity contribution in [3.05, 3.63) is 33.9 Å². The molecule has 0 atom stereocenters. The monoisotopic (exact) mass is 309 g/mol. The second kappa shape index (κ2) is 6.88. The molecule has 0 aliphatic heterocycles. The average molecular weight is 309 g/mol. The Morgan fingerprint density at radius 1 is 1.36 bits per heavy atom. The molecule has 1 amide bonds. The highest BCUT2D eigenvalue weighted by atomic mass is 16.6. The van der Waals surface area contributed by atoms with Crippen LogP contribution in [0.1, 0.15) is 37.0 Å². The van der Waals surface area contributed by atoms with Gasteiger partial charge in [0.05, 0.1) is 15.9 Å². The third-order valence-electron chi connectivity index (χ3n) is 3.92. The van der Waals surface area contributed by atoms with Crippen LogP contribution in [-0.4, -0.2) is 28.5 Å². The molecule has 1 aromatic carbocycles. The summed E-state index contributed by atoms with van der Waals surface area (Å²) in [4.78, 5) is 33.6. The fourth-order valence-corrected chi connectivity index (χ4v) is 2.13. The SMILES string of the molecule is CCC(CC)(CNC(=O)c1cccc([N+](=O)[O-])c1N)C(=O)O. The Morgan fingerprint density at radius 3 is 2.41 bits per heavy atom. The fourth-order valence-electron chi connectivity index (χ4n) is 2.13. The largest absolute Gasteiger partial charge is 0.481 e. The number of hydrogen-bond acceptors (Lipinski definition) is 5. The zero-order valence-electron chi connectivity index (χ0n) is 12.5. The van der Waals surface area contributed by atoms with Gasteiger partial charge in [-0.25, -0.2) is 0 Å². The number of nitrogen functional groups attached to an aromatic ring is 1. The van der Waals surface area contributed by atoms with Crippen LogP contribution in [0.4, 0.5) is 11.4 Å². The van der Waals surface area contributed by atoms with E-state index < -0.39 is 22.2 Å². The van der Waals surface area contributed by atoms with Crippen LogP contribution in [0.25, 0.3) is 0 Å². The average Bonchev–Trinajstić information content (AvgIpc) is 2.48. The van der Waals surface area contributed by atoms with E-state index in [-0.39, 0.29) is 23.5 Å². The molecule has 22 heavy (non-hydrogen) atoms. The van der Waals surface area contributed by atoms with Crippen molar-refractivity contribution in [2.75, 3.05) is 12.3 Å². The number of nitro groups is 1. The molecule has 8 nitrogen and oxygen atoms in total. The summed E-state index contributed by atoms with van der Waals surface area (Å²) in [6.07, 6.45) is 0.701. The van der Waals surface area contributed by atoms with E-state index in [4.69, 9.17) is 5.73 Å². The molecular formula is C14H19N3O5. The number of hydrogen-bond donors (Lipinski definition) is 3. The van der Waals surface area contributed by atoms with E-state index in [9.17, 15) is 24.8 Å². The van der Waals surface area contributed by atoms with Crippen molar-refractivity contribution < 1.29 is 19.6 Å². The van der Waals surface area contributed by atoms with Gasteiger partial charge < -0.3 is 16.2 Å². The summed E-state index contributed by atoms with van der Waals surface area (Å²) in [6.45, 7) is 3.38. The van der Waals surface area contributed by atoms with Crippen molar-refractivity contribution in [1.82, 2.24) is 5.32 Å². The molecule has 0 bridgehead atoms. The molecule has 0 aliphatic rings. The molecule has 0 heterocycles. The van der Waals surface area contributed by atoms with Crippen molar-refractivity contribution in [3.63, 3.8) is 0 Å². The molecule has 4 N–H and O–H groups in total. The lowest BCUT2D eigenvalue weighted by atomic mass is 9.82. The van der Waals surface area contributed by atoms with Crippen molar-refractivity contribution in [3.8, 4) is 0 Å². The number of nitrogens with two attached hydrogens (primary N) is 1. The highest BCUT2D eigenvalue weighted by molar-refractivity contribution is 6.01. The van der Waals surface area contributed by atoms with E-state index in [0.29, 0.717) is 12.8 Å². The number of anilines is 1. The highest BCUT2D eigenvalue weighted by Gasteiger charge is 2.35. The number of carbonyl (C=O) groups excluding carboxylic acids is 1. The molecule has 0 saturated carbocycles. The Balaban J connectivity index is 2.97. The maximum atomic E-state index is 12.1. The van der Waals surface area contributed by atoms with Gasteiger partial charge in [-0.3, -0.25) is 19.7 Å². The summed E-state index contributed by atoms with van der Waals surface area (Å²) in [5, 5.41) is 22.6. The highest BCUT2D eigenvalue weighted by Crippen LogP contribution is 2.27. The van der Waals surface area contributed by atoms with Gasteiger partial charge in [-0.1, -0.05) is 19.9 Å². The predicted molar refractivity (Wildman–Crippen MR) is 80.5 cm³/mol. The van der Waals surface area contributed by atoms with E-state index in [2.05, 4.69) is 5.32 Å². The number of aliphatic carboxylic acids is 1. The van der Waals surface area contributed by atoms with E-state index in [1.807, 2.05) is 0 Å². The Labute approximate surface area is 127 Å². The molecule has 0 aliphatic carbocycles. The number of para-hydroxylation sites is 1. The maximum Gasteiger partial charge on any atom is 0.311 e. The van der Waals surface area contributed by atoms with Crippen LogP contribution in [0.5, 0.6) is 0 Å². The number of carboxylic acids is 1. The lowest BCUT2D eigenvalue weighted by Crippen LogP contribution is -2.42. The summed E-state index contributed by atoms with van der Waals surface area (Å²) < 4.78 is 0. The molecular weight excluding hydrogens is 290 g/mol. The fraction of sp³-hybridized carbons (Fsp3) is 0.429. The Bertz CT molecular complexity index is 596. The second-order valence-electron chi connectivity index (χ2n) is 4.97. The number of carbonyl (C=O) groups is 2. The van der Waals surface area contributed by atoms with Gasteiger partial charge in [-0.2, -0.15) is 0 Å². The van der Waals surface area contributed by atoms with Gasteiger partial charge in [0.15, 0.2) is 0 Å². The third-order valence-corrected chi connectivity index (χ3v) is 3.92. The first-order valence-corrected chi connectivity index (χ1v) is 6.83. The first kappa shape index (κ1) is 17.4. The summed E-state index contributed by atoms with van der Waals surface area (Å²) in [5.74, 6) is -1.63. The van der Waals surface area contributed by atoms with E-state index in [1.54, 1.807) is 13.8 Å². The van der Waals surface area contributed by atoms with Gasteiger partial charge in [-0.05, 0) is 18.9 Å². The maximum absolute atomic E-state index is 12.1. The van der Waals surface area contributed by atoms with Crippen LogP contribution < -0.4 is 11.1 Å². The van der Waals surface area contributed by atoms with Crippen LogP contribution in [0.2, 0.25) is 0 Å². The van der Waals surface area contributed by atoms with Crippen molar-refractivity contribution in [2.24, 2.45) is 5.41 Å². The number of nitrogens with zero attached hydrogens (tertiary/aromatic N) is 1. The van der Waals surface area contributed by atoms with Gasteiger partial charge in [0.2, 0.25) is 0 Å². The van der Waals surface area contributed by atoms with Crippen LogP contribution in [0.15, 0.2) is 18.2 Å². The zero-order chi connectivity index (χ0) is 16.9. The molecule has 0 saturated heterocycles. The number of amides is 1. The molecule has 0 aromatic heterocycles. The van der Waals surface area contributed by atoms with Crippen LogP contribution >= 0.6 is 0 Å². The minimum atomic E-state index is -1.06. The summed E-state index contributed by atoms with van der Waals surface area (Å²) >= 11 is 0. The molecule has 0 unspecified atom stereocenters. The normalized spacial score (nSPS) is 11.0. The van der Waals surface area contributed by atoms with E-state index in [1.165, 1.54) is 18.2 Å². The summed E-state index contributed by atoms with van der Waals surface area (Å²) in [7, 11) is 0. The van der Waals surface area contributed by atoms with Crippen LogP contribution in [0, 0.1) is 15.5 Å². The predicted octanol–water partition coefficient (Wildman–Crippen LogP) is 1.80. The molecule has 0 fully saturated rings. The van der Waals surface area contributed by atoms with Crippen molar-refractivity contribution in [1.29, 1.82) is 0 Å². The van der Waals surface area contributed by atoms with Gasteiger partial charge in [-0.15, -0.1) is 0 Å². The number of nitro benzene ring substituents is 1. The van der Waals surface area contributed by atoms with E-state index >= 15 is 0 Å². The number of nitrogens with one attached hydrogen (secondary N) is 1. The minimum absolute atomic E-state index is 0.0410. The summed E-state index contributed by atoms with van der Waals surface area (Å²) in [5.41, 5.74) is 3.93. The van der Waals surface area contributed by atoms with Gasteiger partial charge in [0.1, 0.15) is 5.69 Å². The van der Waals surface area contributed by atoms with Crippen LogP contribution in [0.3, 0.4) is 0 Å². The quantitative estimate of drug-likeness (QED) is 0.399. The lowest BCUT2D eigenvalue weighted by Gasteiger charge is -2.26. The van der Waals surface area contributed by atoms with Gasteiger partial charge in [0, 0.05) is 12.6 Å². The molecule has 1 aromatic rings. The number of carboxylic acid groups (broad SMARTS) is 1. The smallest absolute Gasteiger partial charge is 0.311 e. The van der Waals surface area contributed by atoms with Gasteiger partial charge in [0.25, 0.3) is 11.6 Å². The topological polar surface area (TPSA) is 136 Å². The zero-order valence-corrected chi connectivity index (χ0v) is 12.5. The Kier molecular flexibility index (Phi) is 5.44. The second-order valence-corrected chi connectivity index (χ2v) is 4.97. The van der Waals surface area contributed by atoms with Gasteiger partial charge >= 0.3 is 5.97 Å². The third kappa shape index (κ3) is 3.33. The number of rotatable bonds is 7. The minimum Gasteiger partial charge on any atom is -0.481 e. The summed E-state index contributed by atoms with van der Waals surface area (Å²) in [6, 6.07) is 3.91. The molecule has 120 valence electrons. The first-order valence-electron chi connectivity index (χ1n) is 6.83. The molecule has 8 heteroatoms. The van der Waals surface area contributed by atoms with Crippen LogP contribution in [-0.2, 0) is 4.79 Å². The lowest BCUT2D eigenvalue weighted by molar-refractivity contribution is -0.383. The first-order chi connectivity index (χ1) is 10.3. The molecule has 0 spiro atoms.